The molecule has 150 valence electrons. The molecule has 0 aliphatic rings. The first-order chi connectivity index (χ1) is 12.1. The minimum Gasteiger partial charge on any atom is -0.393 e. The van der Waals surface area contributed by atoms with Crippen molar-refractivity contribution in [2.24, 2.45) is 5.73 Å². The van der Waals surface area contributed by atoms with E-state index >= 15 is 0 Å². The lowest BCUT2D eigenvalue weighted by Crippen LogP contribution is -2.36. The minimum absolute atomic E-state index is 0.369. The van der Waals surface area contributed by atoms with Crippen molar-refractivity contribution >= 4 is 0 Å². The van der Waals surface area contributed by atoms with E-state index in [0.717, 1.165) is 22.3 Å². The van der Waals surface area contributed by atoms with Crippen molar-refractivity contribution in [3.05, 3.63) is 34.4 Å². The predicted octanol–water partition coefficient (Wildman–Crippen LogP) is 0.556. The summed E-state index contributed by atoms with van der Waals surface area (Å²) in [6, 6.07) is 4.06. The van der Waals surface area contributed by atoms with Crippen LogP contribution >= 0.6 is 0 Å². The van der Waals surface area contributed by atoms with E-state index in [9.17, 15) is 20.4 Å². The zero-order valence-electron chi connectivity index (χ0n) is 16.5. The van der Waals surface area contributed by atoms with E-state index in [1.165, 1.54) is 0 Å². The molecule has 6 nitrogen and oxygen atoms in total. The smallest absolute Gasteiger partial charge is 0.0639 e. The summed E-state index contributed by atoms with van der Waals surface area (Å²) in [5.74, 6) is 0. The van der Waals surface area contributed by atoms with Crippen molar-refractivity contribution < 1.29 is 20.4 Å². The van der Waals surface area contributed by atoms with Crippen LogP contribution in [0.3, 0.4) is 0 Å². The normalized spacial score (nSPS) is 16.5. The van der Waals surface area contributed by atoms with Crippen LogP contribution in [-0.2, 0) is 25.9 Å². The first-order valence-electron chi connectivity index (χ1n) is 9.40. The maximum Gasteiger partial charge on any atom is 0.0639 e. The maximum atomic E-state index is 9.84. The van der Waals surface area contributed by atoms with Crippen LogP contribution in [0.4, 0.5) is 0 Å². The van der Waals surface area contributed by atoms with Gasteiger partial charge in [-0.25, -0.2) is 0 Å². The van der Waals surface area contributed by atoms with Gasteiger partial charge in [-0.1, -0.05) is 12.1 Å². The van der Waals surface area contributed by atoms with Crippen LogP contribution < -0.4 is 5.73 Å². The fourth-order valence-electron chi connectivity index (χ4n) is 3.34. The largest absolute Gasteiger partial charge is 0.393 e. The van der Waals surface area contributed by atoms with Crippen LogP contribution in [-0.4, -0.2) is 62.8 Å². The van der Waals surface area contributed by atoms with Crippen LogP contribution in [0.1, 0.15) is 49.9 Å². The van der Waals surface area contributed by atoms with Gasteiger partial charge >= 0.3 is 0 Å². The Hall–Kier alpha value is -1.02. The molecule has 0 aliphatic carbocycles. The molecule has 26 heavy (non-hydrogen) atoms. The van der Waals surface area contributed by atoms with E-state index in [2.05, 4.69) is 0 Å². The predicted molar refractivity (Wildman–Crippen MR) is 104 cm³/mol. The molecule has 0 amide bonds. The molecule has 1 aromatic carbocycles. The number of nitrogens with two attached hydrogens (primary N) is 1. The Kier molecular flexibility index (Phi) is 9.71. The molecule has 6 heteroatoms. The van der Waals surface area contributed by atoms with Gasteiger partial charge in [0, 0.05) is 26.2 Å². The van der Waals surface area contributed by atoms with Gasteiger partial charge in [-0.3, -0.25) is 4.90 Å². The summed E-state index contributed by atoms with van der Waals surface area (Å²) in [5, 5.41) is 39.1. The highest BCUT2D eigenvalue weighted by Gasteiger charge is 2.17. The molecule has 4 atom stereocenters. The lowest BCUT2D eigenvalue weighted by Gasteiger charge is -2.27. The summed E-state index contributed by atoms with van der Waals surface area (Å²) in [4.78, 5) is 2.00. The Bertz CT molecular complexity index is 535. The highest BCUT2D eigenvalue weighted by atomic mass is 16.3. The van der Waals surface area contributed by atoms with Crippen LogP contribution in [0, 0.1) is 0 Å². The Morgan fingerprint density at radius 3 is 1.50 bits per heavy atom. The standard InChI is InChI=1S/C20H36N2O4/c1-13(23)5-17-7-19(9-21)20(8-18(17)6-14(2)24)12-22(10-15(3)25)11-16(4)26/h7-8,13-16,23-26H,5-6,9-12,21H2,1-4H3. The summed E-state index contributed by atoms with van der Waals surface area (Å²) < 4.78 is 0. The number of hydrogen-bond acceptors (Lipinski definition) is 6. The number of nitrogens with zero attached hydrogens (tertiary/aromatic N) is 1. The van der Waals surface area contributed by atoms with Gasteiger partial charge < -0.3 is 26.2 Å². The van der Waals surface area contributed by atoms with Crippen LogP contribution in [0.2, 0.25) is 0 Å². The summed E-state index contributed by atoms with van der Waals surface area (Å²) in [6.07, 6.45) is -0.929. The van der Waals surface area contributed by atoms with Crippen LogP contribution in [0.25, 0.3) is 0 Å². The second-order valence-electron chi connectivity index (χ2n) is 7.59. The van der Waals surface area contributed by atoms with E-state index in [-0.39, 0.29) is 0 Å². The highest BCUT2D eigenvalue weighted by molar-refractivity contribution is 5.39. The Balaban J connectivity index is 3.21. The van der Waals surface area contributed by atoms with Gasteiger partial charge in [0.1, 0.15) is 0 Å². The second-order valence-corrected chi connectivity index (χ2v) is 7.59. The average Bonchev–Trinajstić information content (AvgIpc) is 2.47. The van der Waals surface area contributed by atoms with E-state index in [1.54, 1.807) is 27.7 Å². The third kappa shape index (κ3) is 8.12. The van der Waals surface area contributed by atoms with E-state index in [4.69, 9.17) is 5.73 Å². The number of benzene rings is 1. The molecule has 0 radical (unpaired) electrons. The molecule has 1 aromatic rings. The van der Waals surface area contributed by atoms with Gasteiger partial charge in [-0.05, 0) is 62.8 Å². The van der Waals surface area contributed by atoms with E-state index in [0.29, 0.717) is 39.0 Å². The van der Waals surface area contributed by atoms with Crippen LogP contribution in [0.5, 0.6) is 0 Å². The van der Waals surface area contributed by atoms with Gasteiger partial charge in [-0.2, -0.15) is 0 Å². The molecule has 0 saturated carbocycles. The summed E-state index contributed by atoms with van der Waals surface area (Å²) in [5.41, 5.74) is 9.96. The van der Waals surface area contributed by atoms with Gasteiger partial charge in [-0.15, -0.1) is 0 Å². The Morgan fingerprint density at radius 2 is 1.15 bits per heavy atom. The summed E-state index contributed by atoms with van der Waals surface area (Å²) >= 11 is 0. The van der Waals surface area contributed by atoms with Gasteiger partial charge in [0.05, 0.1) is 24.4 Å². The van der Waals surface area contributed by atoms with Crippen molar-refractivity contribution in [3.8, 4) is 0 Å². The topological polar surface area (TPSA) is 110 Å². The van der Waals surface area contributed by atoms with E-state index in [1.807, 2.05) is 17.0 Å². The fourth-order valence-corrected chi connectivity index (χ4v) is 3.34. The molecule has 0 aromatic heterocycles. The Morgan fingerprint density at radius 1 is 0.731 bits per heavy atom. The van der Waals surface area contributed by atoms with Gasteiger partial charge in [0.2, 0.25) is 0 Å². The number of aliphatic hydroxyl groups excluding tert-OH is 4. The molecule has 0 fully saturated rings. The van der Waals surface area contributed by atoms with Crippen molar-refractivity contribution in [1.82, 2.24) is 4.90 Å². The number of rotatable bonds is 11. The molecule has 0 bridgehead atoms. The maximum absolute atomic E-state index is 9.84. The summed E-state index contributed by atoms with van der Waals surface area (Å²) in [6.45, 7) is 8.78. The molecule has 0 saturated heterocycles. The quantitative estimate of drug-likeness (QED) is 0.390. The third-order valence-corrected chi connectivity index (χ3v) is 4.21. The first kappa shape index (κ1) is 23.0. The molecule has 1 rings (SSSR count). The second kappa shape index (κ2) is 11.0. The summed E-state index contributed by atoms with van der Waals surface area (Å²) in [7, 11) is 0. The zero-order chi connectivity index (χ0) is 19.9. The SMILES string of the molecule is CC(O)Cc1cc(CN)c(CN(CC(C)O)CC(C)O)cc1CC(C)O. The van der Waals surface area contributed by atoms with Crippen LogP contribution in [0.15, 0.2) is 12.1 Å². The lowest BCUT2D eigenvalue weighted by molar-refractivity contribution is 0.0792. The molecular weight excluding hydrogens is 332 g/mol. The minimum atomic E-state index is -0.499. The molecule has 4 unspecified atom stereocenters. The zero-order valence-corrected chi connectivity index (χ0v) is 16.5. The molecule has 0 spiro atoms. The van der Waals surface area contributed by atoms with Gasteiger partial charge in [0.15, 0.2) is 0 Å². The lowest BCUT2D eigenvalue weighted by atomic mass is 9.92. The fraction of sp³-hybridized carbons (Fsp3) is 0.700. The van der Waals surface area contributed by atoms with Crippen molar-refractivity contribution in [3.63, 3.8) is 0 Å². The third-order valence-electron chi connectivity index (χ3n) is 4.21. The number of hydrogen-bond donors (Lipinski definition) is 5. The van der Waals surface area contributed by atoms with Crippen molar-refractivity contribution in [2.45, 2.75) is 78.0 Å². The molecule has 0 aliphatic heterocycles. The number of aliphatic hydroxyl groups is 4. The monoisotopic (exact) mass is 368 g/mol. The first-order valence-corrected chi connectivity index (χ1v) is 9.40. The highest BCUT2D eigenvalue weighted by Crippen LogP contribution is 2.22. The van der Waals surface area contributed by atoms with Gasteiger partial charge in [0.25, 0.3) is 0 Å². The average molecular weight is 369 g/mol. The van der Waals surface area contributed by atoms with Crippen molar-refractivity contribution in [1.29, 1.82) is 0 Å². The molecule has 6 N–H and O–H groups in total. The molecule has 0 heterocycles. The Labute approximate surface area is 157 Å². The molecular formula is C20H36N2O4. The van der Waals surface area contributed by atoms with Crippen molar-refractivity contribution in [2.75, 3.05) is 13.1 Å². The van der Waals surface area contributed by atoms with E-state index < -0.39 is 24.4 Å².